The van der Waals surface area contributed by atoms with Gasteiger partial charge in [0.15, 0.2) is 0 Å². The molecule has 9 aromatic rings. The molecule has 0 saturated carbocycles. The number of anilines is 3. The topological polar surface area (TPSA) is 3.24 Å². The highest BCUT2D eigenvalue weighted by Gasteiger charge is 2.21. The second-order valence-corrected chi connectivity index (χ2v) is 13.4. The quantitative estimate of drug-likeness (QED) is 0.188. The van der Waals surface area contributed by atoms with Gasteiger partial charge in [0.2, 0.25) is 0 Å². The highest BCUT2D eigenvalue weighted by molar-refractivity contribution is 7.26. The molecule has 0 amide bonds. The van der Waals surface area contributed by atoms with Crippen LogP contribution in [0.3, 0.4) is 0 Å². The summed E-state index contributed by atoms with van der Waals surface area (Å²) < 4.78 is 5.30. The van der Waals surface area contributed by atoms with Gasteiger partial charge in [-0.2, -0.15) is 0 Å². The molecule has 45 heavy (non-hydrogen) atoms. The number of rotatable bonds is 5. The Kier molecular flexibility index (Phi) is 6.26. The lowest BCUT2D eigenvalue weighted by molar-refractivity contribution is 1.30. The molecule has 0 bridgehead atoms. The van der Waals surface area contributed by atoms with Gasteiger partial charge in [-0.3, -0.25) is 0 Å². The maximum atomic E-state index is 2.39. The Labute approximate surface area is 269 Å². The van der Waals surface area contributed by atoms with E-state index >= 15 is 0 Å². The van der Waals surface area contributed by atoms with Crippen molar-refractivity contribution < 1.29 is 0 Å². The van der Waals surface area contributed by atoms with Crippen LogP contribution < -0.4 is 4.90 Å². The third-order valence-electron chi connectivity index (χ3n) is 8.68. The lowest BCUT2D eigenvalue weighted by atomic mass is 9.97. The average molecular weight is 610 g/mol. The van der Waals surface area contributed by atoms with Crippen LogP contribution >= 0.6 is 22.7 Å². The first-order valence-electron chi connectivity index (χ1n) is 15.2. The number of nitrogens with zero attached hydrogens (tertiary/aromatic N) is 1. The Morgan fingerprint density at radius 3 is 1.53 bits per heavy atom. The van der Waals surface area contributed by atoms with Crippen LogP contribution in [0.25, 0.3) is 62.6 Å². The van der Waals surface area contributed by atoms with E-state index in [1.165, 1.54) is 68.3 Å². The monoisotopic (exact) mass is 609 g/mol. The summed E-state index contributed by atoms with van der Waals surface area (Å²) in [5.41, 5.74) is 8.53. The minimum Gasteiger partial charge on any atom is -0.310 e. The second kappa shape index (κ2) is 10.7. The summed E-state index contributed by atoms with van der Waals surface area (Å²) in [6.07, 6.45) is 0. The molecule has 0 radical (unpaired) electrons. The molecule has 0 atom stereocenters. The fourth-order valence-corrected chi connectivity index (χ4v) is 9.11. The van der Waals surface area contributed by atoms with Crippen LogP contribution in [0.4, 0.5) is 17.1 Å². The summed E-state index contributed by atoms with van der Waals surface area (Å²) in [5.74, 6) is 0. The molecule has 2 heterocycles. The molecule has 7 aromatic carbocycles. The SMILES string of the molecule is c1ccc(N(c2ccccc2)c2ccc(-c3ccc(-c4cccc5c4sc4ccccc45)cc3)c3sc4ccccc4c23)cc1. The number of hydrogen-bond acceptors (Lipinski definition) is 3. The van der Waals surface area contributed by atoms with E-state index in [2.05, 4.69) is 169 Å². The first-order valence-corrected chi connectivity index (χ1v) is 16.8. The van der Waals surface area contributed by atoms with Gasteiger partial charge < -0.3 is 4.90 Å². The number of benzene rings is 7. The van der Waals surface area contributed by atoms with Gasteiger partial charge in [-0.1, -0.05) is 121 Å². The summed E-state index contributed by atoms with van der Waals surface area (Å²) in [4.78, 5) is 2.39. The normalized spacial score (nSPS) is 11.6. The minimum atomic E-state index is 1.15. The minimum absolute atomic E-state index is 1.15. The first-order chi connectivity index (χ1) is 22.3. The predicted octanol–water partition coefficient (Wildman–Crippen LogP) is 13.2. The summed E-state index contributed by atoms with van der Waals surface area (Å²) >= 11 is 3.77. The lowest BCUT2D eigenvalue weighted by Gasteiger charge is -2.27. The molecule has 0 N–H and O–H groups in total. The van der Waals surface area contributed by atoms with Gasteiger partial charge in [0.25, 0.3) is 0 Å². The van der Waals surface area contributed by atoms with Crippen LogP contribution in [0.5, 0.6) is 0 Å². The van der Waals surface area contributed by atoms with E-state index in [9.17, 15) is 0 Å². The second-order valence-electron chi connectivity index (χ2n) is 11.3. The van der Waals surface area contributed by atoms with Crippen molar-refractivity contribution in [2.75, 3.05) is 4.90 Å². The Balaban J connectivity index is 1.22. The summed E-state index contributed by atoms with van der Waals surface area (Å²) in [7, 11) is 0. The maximum absolute atomic E-state index is 2.39. The average Bonchev–Trinajstić information content (AvgIpc) is 3.69. The molecule has 212 valence electrons. The Bertz CT molecular complexity index is 2430. The van der Waals surface area contributed by atoms with Crippen LogP contribution in [0.15, 0.2) is 164 Å². The van der Waals surface area contributed by atoms with Crippen molar-refractivity contribution in [3.63, 3.8) is 0 Å². The van der Waals surface area contributed by atoms with Crippen LogP contribution in [0.1, 0.15) is 0 Å². The van der Waals surface area contributed by atoms with Crippen molar-refractivity contribution in [3.8, 4) is 22.3 Å². The van der Waals surface area contributed by atoms with Gasteiger partial charge >= 0.3 is 0 Å². The van der Waals surface area contributed by atoms with Crippen molar-refractivity contribution in [1.82, 2.24) is 0 Å². The fraction of sp³-hybridized carbons (Fsp3) is 0. The smallest absolute Gasteiger partial charge is 0.0555 e. The van der Waals surface area contributed by atoms with E-state index < -0.39 is 0 Å². The van der Waals surface area contributed by atoms with Gasteiger partial charge in [0.1, 0.15) is 0 Å². The van der Waals surface area contributed by atoms with E-state index in [0.29, 0.717) is 0 Å². The van der Waals surface area contributed by atoms with Crippen molar-refractivity contribution in [1.29, 1.82) is 0 Å². The molecule has 0 saturated heterocycles. The molecule has 0 aliphatic heterocycles. The number of fused-ring (bicyclic) bond motifs is 6. The van der Waals surface area contributed by atoms with E-state index in [0.717, 1.165) is 11.4 Å². The van der Waals surface area contributed by atoms with E-state index in [-0.39, 0.29) is 0 Å². The first kappa shape index (κ1) is 26.2. The highest BCUT2D eigenvalue weighted by atomic mass is 32.1. The fourth-order valence-electron chi connectivity index (χ4n) is 6.61. The number of hydrogen-bond donors (Lipinski definition) is 0. The van der Waals surface area contributed by atoms with Crippen LogP contribution in [-0.4, -0.2) is 0 Å². The Hall–Kier alpha value is -5.22. The highest BCUT2D eigenvalue weighted by Crippen LogP contribution is 2.48. The van der Waals surface area contributed by atoms with E-state index in [4.69, 9.17) is 0 Å². The van der Waals surface area contributed by atoms with Gasteiger partial charge in [-0.25, -0.2) is 0 Å². The number of para-hydroxylation sites is 2. The predicted molar refractivity (Wildman–Crippen MR) is 198 cm³/mol. The molecule has 0 spiro atoms. The Morgan fingerprint density at radius 1 is 0.356 bits per heavy atom. The third kappa shape index (κ3) is 4.35. The zero-order valence-corrected chi connectivity index (χ0v) is 26.0. The van der Waals surface area contributed by atoms with Crippen molar-refractivity contribution >= 4 is 80.1 Å². The molecule has 1 nitrogen and oxygen atoms in total. The van der Waals surface area contributed by atoms with Crippen molar-refractivity contribution in [2.24, 2.45) is 0 Å². The molecule has 0 aliphatic carbocycles. The van der Waals surface area contributed by atoms with Gasteiger partial charge in [0, 0.05) is 51.7 Å². The zero-order chi connectivity index (χ0) is 29.7. The molecule has 3 heteroatoms. The van der Waals surface area contributed by atoms with Crippen molar-refractivity contribution in [3.05, 3.63) is 164 Å². The zero-order valence-electron chi connectivity index (χ0n) is 24.4. The lowest BCUT2D eigenvalue weighted by Crippen LogP contribution is -2.10. The van der Waals surface area contributed by atoms with E-state index in [1.807, 2.05) is 22.7 Å². The largest absolute Gasteiger partial charge is 0.310 e. The molecule has 0 unspecified atom stereocenters. The molecular weight excluding hydrogens is 583 g/mol. The third-order valence-corrected chi connectivity index (χ3v) is 11.1. The summed E-state index contributed by atoms with van der Waals surface area (Å²) in [5, 5.41) is 5.25. The maximum Gasteiger partial charge on any atom is 0.0555 e. The summed E-state index contributed by atoms with van der Waals surface area (Å²) in [6.45, 7) is 0. The Morgan fingerprint density at radius 2 is 0.867 bits per heavy atom. The van der Waals surface area contributed by atoms with Crippen LogP contribution in [0, 0.1) is 0 Å². The van der Waals surface area contributed by atoms with Crippen molar-refractivity contribution in [2.45, 2.75) is 0 Å². The van der Waals surface area contributed by atoms with Gasteiger partial charge in [-0.15, -0.1) is 22.7 Å². The van der Waals surface area contributed by atoms with Crippen LogP contribution in [-0.2, 0) is 0 Å². The van der Waals surface area contributed by atoms with Crippen LogP contribution in [0.2, 0.25) is 0 Å². The molecule has 0 fully saturated rings. The van der Waals surface area contributed by atoms with E-state index in [1.54, 1.807) is 0 Å². The number of thiophene rings is 2. The molecule has 0 aliphatic rings. The standard InChI is InChI=1S/C42H27NS2/c1-3-12-30(13-4-1)43(31-14-5-2-6-15-31)37-27-26-33(42-40(37)36-17-8-10-21-39(36)45-42)29-24-22-28(23-25-29)32-18-11-19-35-34-16-7-9-20-38(34)44-41(32)35/h1-27H. The summed E-state index contributed by atoms with van der Waals surface area (Å²) in [6, 6.07) is 59.4. The molecular formula is C42H27NS2. The van der Waals surface area contributed by atoms with Gasteiger partial charge in [0.05, 0.1) is 5.69 Å². The molecule has 9 rings (SSSR count). The molecule has 2 aromatic heterocycles. The van der Waals surface area contributed by atoms with Gasteiger partial charge in [-0.05, 0) is 64.7 Å².